The number of aromatic hydroxyl groups is 1. The molecule has 1 aliphatic rings. The van der Waals surface area contributed by atoms with Gasteiger partial charge in [-0.3, -0.25) is 5.10 Å². The van der Waals surface area contributed by atoms with Crippen LogP contribution in [0.25, 0.3) is 11.4 Å². The highest BCUT2D eigenvalue weighted by Gasteiger charge is 2.22. The lowest BCUT2D eigenvalue weighted by atomic mass is 9.99. The third-order valence-electron chi connectivity index (χ3n) is 3.82. The molecule has 1 aromatic carbocycles. The van der Waals surface area contributed by atoms with Gasteiger partial charge < -0.3 is 15.7 Å². The molecule has 21 heavy (non-hydrogen) atoms. The first-order valence-electron chi connectivity index (χ1n) is 7.03. The Balaban J connectivity index is 1.84. The summed E-state index contributed by atoms with van der Waals surface area (Å²) in [6, 6.07) is 3.74. The number of nitrogens with two attached hydrogens (primary N) is 1. The molecule has 7 heteroatoms. The molecule has 1 saturated heterocycles. The van der Waals surface area contributed by atoms with Gasteiger partial charge in [-0.15, -0.1) is 5.10 Å². The first kappa shape index (κ1) is 13.8. The molecule has 3 rings (SSSR count). The van der Waals surface area contributed by atoms with E-state index in [1.54, 1.807) is 0 Å². The Morgan fingerprint density at radius 1 is 1.48 bits per heavy atom. The van der Waals surface area contributed by atoms with Crippen LogP contribution in [0.5, 0.6) is 5.75 Å². The van der Waals surface area contributed by atoms with Crippen molar-refractivity contribution in [3.8, 4) is 17.1 Å². The van der Waals surface area contributed by atoms with Gasteiger partial charge in [-0.1, -0.05) is 0 Å². The molecular formula is C14H18FN5O. The molecule has 0 saturated carbocycles. The van der Waals surface area contributed by atoms with E-state index in [1.165, 1.54) is 18.2 Å². The van der Waals surface area contributed by atoms with E-state index in [1.807, 2.05) is 0 Å². The topological polar surface area (TPSA) is 91.1 Å². The van der Waals surface area contributed by atoms with Crippen LogP contribution in [0.4, 0.5) is 10.3 Å². The monoisotopic (exact) mass is 291 g/mol. The fraction of sp³-hybridized carbons (Fsp3) is 0.429. The summed E-state index contributed by atoms with van der Waals surface area (Å²) in [6.45, 7) is 2.35. The summed E-state index contributed by atoms with van der Waals surface area (Å²) in [5.41, 5.74) is 6.03. The minimum Gasteiger partial charge on any atom is -0.507 e. The van der Waals surface area contributed by atoms with Gasteiger partial charge in [0.15, 0.2) is 5.82 Å². The predicted octanol–water partition coefficient (Wildman–Crippen LogP) is 1.49. The molecular weight excluding hydrogens is 273 g/mol. The van der Waals surface area contributed by atoms with Crippen LogP contribution in [0.1, 0.15) is 12.8 Å². The summed E-state index contributed by atoms with van der Waals surface area (Å²) >= 11 is 0. The molecule has 112 valence electrons. The smallest absolute Gasteiger partial charge is 0.245 e. The Labute approximate surface area is 121 Å². The fourth-order valence-corrected chi connectivity index (χ4v) is 2.65. The molecule has 2 heterocycles. The van der Waals surface area contributed by atoms with Gasteiger partial charge in [0.1, 0.15) is 11.6 Å². The average molecular weight is 291 g/mol. The average Bonchev–Trinajstić information content (AvgIpc) is 2.99. The van der Waals surface area contributed by atoms with E-state index in [2.05, 4.69) is 20.1 Å². The number of nitrogens with zero attached hydrogens (tertiary/aromatic N) is 3. The van der Waals surface area contributed by atoms with E-state index in [0.717, 1.165) is 25.9 Å². The van der Waals surface area contributed by atoms with Crippen LogP contribution in [0.15, 0.2) is 18.2 Å². The molecule has 0 aliphatic carbocycles. The number of nitrogens with one attached hydrogen (secondary N) is 1. The lowest BCUT2D eigenvalue weighted by Gasteiger charge is -2.31. The molecule has 0 radical (unpaired) electrons. The van der Waals surface area contributed by atoms with E-state index < -0.39 is 5.82 Å². The van der Waals surface area contributed by atoms with Crippen LogP contribution in [0.2, 0.25) is 0 Å². The fourth-order valence-electron chi connectivity index (χ4n) is 2.65. The Kier molecular flexibility index (Phi) is 3.74. The van der Waals surface area contributed by atoms with Gasteiger partial charge in [0.25, 0.3) is 0 Å². The van der Waals surface area contributed by atoms with Gasteiger partial charge in [-0.2, -0.15) is 4.98 Å². The van der Waals surface area contributed by atoms with Gasteiger partial charge in [-0.25, -0.2) is 4.39 Å². The maximum Gasteiger partial charge on any atom is 0.245 e. The second-order valence-electron chi connectivity index (χ2n) is 5.34. The van der Waals surface area contributed by atoms with Crippen LogP contribution in [0, 0.1) is 11.7 Å². The molecule has 2 aromatic rings. The number of piperidine rings is 1. The SMILES string of the molecule is NCC1CCCN(c2n[nH]c(-c3cc(F)ccc3O)n2)C1. The number of aromatic amines is 1. The Morgan fingerprint density at radius 2 is 2.33 bits per heavy atom. The van der Waals surface area contributed by atoms with Crippen LogP contribution in [0.3, 0.4) is 0 Å². The van der Waals surface area contributed by atoms with Crippen molar-refractivity contribution in [2.24, 2.45) is 11.7 Å². The van der Waals surface area contributed by atoms with E-state index >= 15 is 0 Å². The molecule has 0 spiro atoms. The van der Waals surface area contributed by atoms with Gasteiger partial charge >= 0.3 is 0 Å². The molecule has 0 amide bonds. The van der Waals surface area contributed by atoms with E-state index in [-0.39, 0.29) is 5.75 Å². The van der Waals surface area contributed by atoms with E-state index in [9.17, 15) is 9.50 Å². The highest BCUT2D eigenvalue weighted by Crippen LogP contribution is 2.28. The number of halogens is 1. The van der Waals surface area contributed by atoms with Crippen molar-refractivity contribution in [1.29, 1.82) is 0 Å². The number of hydrogen-bond acceptors (Lipinski definition) is 5. The van der Waals surface area contributed by atoms with Gasteiger partial charge in [0, 0.05) is 13.1 Å². The van der Waals surface area contributed by atoms with Crippen molar-refractivity contribution in [2.75, 3.05) is 24.5 Å². The quantitative estimate of drug-likeness (QED) is 0.797. The van der Waals surface area contributed by atoms with Gasteiger partial charge in [-0.05, 0) is 43.5 Å². The summed E-state index contributed by atoms with van der Waals surface area (Å²) in [6.07, 6.45) is 2.17. The van der Waals surface area contributed by atoms with Crippen molar-refractivity contribution >= 4 is 5.95 Å². The van der Waals surface area contributed by atoms with Crippen molar-refractivity contribution in [2.45, 2.75) is 12.8 Å². The normalized spacial score (nSPS) is 19.0. The zero-order valence-electron chi connectivity index (χ0n) is 11.6. The van der Waals surface area contributed by atoms with Gasteiger partial charge in [0.2, 0.25) is 5.95 Å². The first-order valence-corrected chi connectivity index (χ1v) is 7.03. The number of phenolic OH excluding ortho intramolecular Hbond substituents is 1. The van der Waals surface area contributed by atoms with Gasteiger partial charge in [0.05, 0.1) is 5.56 Å². The third-order valence-corrected chi connectivity index (χ3v) is 3.82. The number of aromatic nitrogens is 3. The third kappa shape index (κ3) is 2.82. The minimum absolute atomic E-state index is 0.0300. The molecule has 0 bridgehead atoms. The minimum atomic E-state index is -0.429. The summed E-state index contributed by atoms with van der Waals surface area (Å²) < 4.78 is 13.3. The summed E-state index contributed by atoms with van der Waals surface area (Å²) in [7, 11) is 0. The van der Waals surface area contributed by atoms with Crippen LogP contribution in [-0.4, -0.2) is 39.9 Å². The molecule has 1 fully saturated rings. The Morgan fingerprint density at radius 3 is 3.14 bits per heavy atom. The maximum atomic E-state index is 13.3. The molecule has 1 atom stereocenters. The molecule has 1 aromatic heterocycles. The van der Waals surface area contributed by atoms with Crippen molar-refractivity contribution in [3.05, 3.63) is 24.0 Å². The lowest BCUT2D eigenvalue weighted by molar-refractivity contribution is 0.420. The van der Waals surface area contributed by atoms with Crippen LogP contribution in [-0.2, 0) is 0 Å². The Hall–Kier alpha value is -2.15. The second-order valence-corrected chi connectivity index (χ2v) is 5.34. The van der Waals surface area contributed by atoms with Crippen molar-refractivity contribution < 1.29 is 9.50 Å². The Bertz CT molecular complexity index is 630. The largest absolute Gasteiger partial charge is 0.507 e. The van der Waals surface area contributed by atoms with Crippen molar-refractivity contribution in [3.63, 3.8) is 0 Å². The highest BCUT2D eigenvalue weighted by atomic mass is 19.1. The number of hydrogen-bond donors (Lipinski definition) is 3. The summed E-state index contributed by atoms with van der Waals surface area (Å²) in [5, 5.41) is 16.7. The highest BCUT2D eigenvalue weighted by molar-refractivity contribution is 5.64. The number of anilines is 1. The van der Waals surface area contributed by atoms with Crippen LogP contribution >= 0.6 is 0 Å². The number of rotatable bonds is 3. The maximum absolute atomic E-state index is 13.3. The van der Waals surface area contributed by atoms with E-state index in [4.69, 9.17) is 5.73 Å². The summed E-state index contributed by atoms with van der Waals surface area (Å²) in [5.74, 6) is 0.909. The number of benzene rings is 1. The lowest BCUT2D eigenvalue weighted by Crippen LogP contribution is -2.38. The molecule has 4 N–H and O–H groups in total. The number of phenols is 1. The van der Waals surface area contributed by atoms with Crippen molar-refractivity contribution in [1.82, 2.24) is 15.2 Å². The standard InChI is InChI=1S/C14H18FN5O/c15-10-3-4-12(21)11(6-10)13-17-14(19-18-13)20-5-1-2-9(7-16)8-20/h3-4,6,9,21H,1-2,5,7-8,16H2,(H,17,18,19). The molecule has 1 aliphatic heterocycles. The van der Waals surface area contributed by atoms with Crippen LogP contribution < -0.4 is 10.6 Å². The predicted molar refractivity (Wildman–Crippen MR) is 77.4 cm³/mol. The molecule has 1 unspecified atom stereocenters. The molecule has 6 nitrogen and oxygen atoms in total. The summed E-state index contributed by atoms with van der Waals surface area (Å²) in [4.78, 5) is 6.43. The zero-order valence-corrected chi connectivity index (χ0v) is 11.6. The van der Waals surface area contributed by atoms with E-state index in [0.29, 0.717) is 29.8 Å². The number of H-pyrrole nitrogens is 1. The second kappa shape index (κ2) is 5.69. The first-order chi connectivity index (χ1) is 10.2. The zero-order chi connectivity index (χ0) is 14.8.